The van der Waals surface area contributed by atoms with Gasteiger partial charge in [-0.2, -0.15) is 0 Å². The second-order valence-electron chi connectivity index (χ2n) is 5.24. The fourth-order valence-electron chi connectivity index (χ4n) is 2.42. The molecule has 1 heterocycles. The van der Waals surface area contributed by atoms with Gasteiger partial charge in [0.05, 0.1) is 26.4 Å². The standard InChI is InChI=1S/C15H32NO4.H2O/c1-4-17-10-7-16(8-11-18-5-2,9-12-19-6-3)13-15-14-20-15;/h15H,4-14H2,1-3H3;1H2/q+1;/p-1. The van der Waals surface area contributed by atoms with Gasteiger partial charge in [0.25, 0.3) is 0 Å². The van der Waals surface area contributed by atoms with Crippen molar-refractivity contribution in [2.24, 2.45) is 0 Å². The van der Waals surface area contributed by atoms with Crippen molar-refractivity contribution in [2.45, 2.75) is 26.9 Å². The molecule has 0 aromatic heterocycles. The van der Waals surface area contributed by atoms with Gasteiger partial charge >= 0.3 is 0 Å². The van der Waals surface area contributed by atoms with Crippen LogP contribution >= 0.6 is 0 Å². The summed E-state index contributed by atoms with van der Waals surface area (Å²) in [6.45, 7) is 15.8. The maximum Gasteiger partial charge on any atom is 0.130 e. The van der Waals surface area contributed by atoms with Crippen LogP contribution < -0.4 is 0 Å². The minimum Gasteiger partial charge on any atom is -0.870 e. The molecule has 0 aromatic rings. The quantitative estimate of drug-likeness (QED) is 0.273. The van der Waals surface area contributed by atoms with Crippen LogP contribution in [0.4, 0.5) is 0 Å². The molecule has 6 nitrogen and oxygen atoms in total. The number of epoxide rings is 1. The first-order valence-corrected chi connectivity index (χ1v) is 7.96. The summed E-state index contributed by atoms with van der Waals surface area (Å²) in [6.07, 6.45) is 0.417. The highest BCUT2D eigenvalue weighted by Crippen LogP contribution is 2.18. The molecule has 1 rings (SSSR count). The summed E-state index contributed by atoms with van der Waals surface area (Å²) in [5.74, 6) is 0. The lowest BCUT2D eigenvalue weighted by Crippen LogP contribution is -2.55. The molecule has 1 aliphatic heterocycles. The maximum atomic E-state index is 5.57. The van der Waals surface area contributed by atoms with Crippen molar-refractivity contribution in [1.29, 1.82) is 0 Å². The van der Waals surface area contributed by atoms with E-state index >= 15 is 0 Å². The van der Waals surface area contributed by atoms with Crippen LogP contribution in [0.15, 0.2) is 0 Å². The van der Waals surface area contributed by atoms with E-state index in [-0.39, 0.29) is 5.48 Å². The van der Waals surface area contributed by atoms with Crippen LogP contribution in [-0.2, 0) is 18.9 Å². The SMILES string of the molecule is CCOCC[N+](CCOCC)(CCOCC)CC1CO1.[OH-]. The normalized spacial score (nSPS) is 17.6. The lowest BCUT2D eigenvalue weighted by molar-refractivity contribution is -0.929. The third kappa shape index (κ3) is 9.39. The van der Waals surface area contributed by atoms with Crippen LogP contribution in [0.5, 0.6) is 0 Å². The zero-order chi connectivity index (χ0) is 14.7. The summed E-state index contributed by atoms with van der Waals surface area (Å²) >= 11 is 0. The fourth-order valence-corrected chi connectivity index (χ4v) is 2.42. The lowest BCUT2D eigenvalue weighted by Gasteiger charge is -2.38. The summed E-state index contributed by atoms with van der Waals surface area (Å²) in [5, 5.41) is 0. The minimum absolute atomic E-state index is 0. The van der Waals surface area contributed by atoms with Crippen molar-refractivity contribution in [1.82, 2.24) is 0 Å². The molecule has 0 radical (unpaired) electrons. The van der Waals surface area contributed by atoms with E-state index in [1.807, 2.05) is 20.8 Å². The van der Waals surface area contributed by atoms with Crippen LogP contribution in [0.25, 0.3) is 0 Å². The second kappa shape index (κ2) is 12.3. The highest BCUT2D eigenvalue weighted by molar-refractivity contribution is 4.69. The van der Waals surface area contributed by atoms with Crippen molar-refractivity contribution >= 4 is 0 Å². The van der Waals surface area contributed by atoms with Crippen molar-refractivity contribution in [3.05, 3.63) is 0 Å². The summed E-state index contributed by atoms with van der Waals surface area (Å²) in [7, 11) is 0. The van der Waals surface area contributed by atoms with Gasteiger partial charge in [-0.1, -0.05) is 0 Å². The number of ether oxygens (including phenoxy) is 4. The Hall–Kier alpha value is -0.240. The predicted octanol–water partition coefficient (Wildman–Crippen LogP) is 1.13. The van der Waals surface area contributed by atoms with Crippen LogP contribution in [0.2, 0.25) is 0 Å². The predicted molar refractivity (Wildman–Crippen MR) is 80.9 cm³/mol. The van der Waals surface area contributed by atoms with Crippen LogP contribution in [0, 0.1) is 0 Å². The molecule has 1 atom stereocenters. The Morgan fingerprint density at radius 1 is 0.857 bits per heavy atom. The van der Waals surface area contributed by atoms with Gasteiger partial charge in [-0.15, -0.1) is 0 Å². The molecular weight excluding hydrogens is 274 g/mol. The topological polar surface area (TPSA) is 70.2 Å². The third-order valence-corrected chi connectivity index (χ3v) is 3.74. The summed E-state index contributed by atoms with van der Waals surface area (Å²) in [6, 6.07) is 0. The molecule has 0 amide bonds. The summed E-state index contributed by atoms with van der Waals surface area (Å²) in [4.78, 5) is 0. The van der Waals surface area contributed by atoms with E-state index in [9.17, 15) is 0 Å². The molecule has 0 aromatic carbocycles. The number of hydrogen-bond acceptors (Lipinski definition) is 5. The number of hydrogen-bond donors (Lipinski definition) is 0. The zero-order valence-electron chi connectivity index (χ0n) is 13.9. The largest absolute Gasteiger partial charge is 0.870 e. The first kappa shape index (κ1) is 20.8. The fraction of sp³-hybridized carbons (Fsp3) is 1.00. The van der Waals surface area contributed by atoms with Crippen molar-refractivity contribution in [2.75, 3.05) is 72.4 Å². The Morgan fingerprint density at radius 3 is 1.52 bits per heavy atom. The molecule has 1 aliphatic rings. The molecule has 1 N–H and O–H groups in total. The van der Waals surface area contributed by atoms with E-state index in [1.165, 1.54) is 0 Å². The molecule has 0 saturated carbocycles. The Bertz CT molecular complexity index is 210. The number of nitrogens with zero attached hydrogens (tertiary/aromatic N) is 1. The van der Waals surface area contributed by atoms with Crippen molar-refractivity contribution in [3.63, 3.8) is 0 Å². The highest BCUT2D eigenvalue weighted by Gasteiger charge is 2.36. The van der Waals surface area contributed by atoms with Gasteiger partial charge in [-0.25, -0.2) is 0 Å². The van der Waals surface area contributed by atoms with Crippen LogP contribution in [0.3, 0.4) is 0 Å². The molecule has 0 bridgehead atoms. The van der Waals surface area contributed by atoms with Gasteiger partial charge in [0.15, 0.2) is 0 Å². The first-order valence-electron chi connectivity index (χ1n) is 7.96. The Labute approximate surface area is 129 Å². The summed E-state index contributed by atoms with van der Waals surface area (Å²) < 4.78 is 23.1. The van der Waals surface area contributed by atoms with E-state index in [1.54, 1.807) is 0 Å². The van der Waals surface area contributed by atoms with Gasteiger partial charge in [-0.05, 0) is 20.8 Å². The van der Waals surface area contributed by atoms with Gasteiger partial charge in [0.1, 0.15) is 32.3 Å². The minimum atomic E-state index is 0. The van der Waals surface area contributed by atoms with Crippen LogP contribution in [-0.4, -0.2) is 88.5 Å². The van der Waals surface area contributed by atoms with Gasteiger partial charge in [0, 0.05) is 19.8 Å². The Balaban J connectivity index is 0.00000400. The Kier molecular flexibility index (Phi) is 12.2. The van der Waals surface area contributed by atoms with E-state index in [2.05, 4.69) is 0 Å². The molecule has 1 fully saturated rings. The molecule has 0 aliphatic carbocycles. The maximum absolute atomic E-state index is 5.57. The average Bonchev–Trinajstić information content (AvgIpc) is 3.23. The molecule has 1 saturated heterocycles. The number of rotatable bonds is 14. The van der Waals surface area contributed by atoms with E-state index in [0.717, 1.165) is 76.9 Å². The van der Waals surface area contributed by atoms with E-state index in [0.29, 0.717) is 6.10 Å². The molecule has 21 heavy (non-hydrogen) atoms. The zero-order valence-corrected chi connectivity index (χ0v) is 13.9. The molecular formula is C15H33NO5. The molecule has 1 unspecified atom stereocenters. The Morgan fingerprint density at radius 2 is 1.24 bits per heavy atom. The molecule has 6 heteroatoms. The highest BCUT2D eigenvalue weighted by atomic mass is 16.6. The molecule has 0 spiro atoms. The summed E-state index contributed by atoms with van der Waals surface area (Å²) in [5.41, 5.74) is 0. The monoisotopic (exact) mass is 307 g/mol. The van der Waals surface area contributed by atoms with Crippen molar-refractivity contribution in [3.8, 4) is 0 Å². The molecule has 128 valence electrons. The second-order valence-corrected chi connectivity index (χ2v) is 5.24. The third-order valence-electron chi connectivity index (χ3n) is 3.74. The average molecular weight is 307 g/mol. The van der Waals surface area contributed by atoms with Gasteiger partial charge in [0.2, 0.25) is 0 Å². The van der Waals surface area contributed by atoms with E-state index in [4.69, 9.17) is 18.9 Å². The smallest absolute Gasteiger partial charge is 0.130 e. The van der Waals surface area contributed by atoms with Gasteiger partial charge in [-0.3, -0.25) is 0 Å². The first-order chi connectivity index (χ1) is 9.76. The van der Waals surface area contributed by atoms with Crippen LogP contribution in [0.1, 0.15) is 20.8 Å². The lowest BCUT2D eigenvalue weighted by atomic mass is 10.2. The number of quaternary nitrogens is 1. The van der Waals surface area contributed by atoms with Crippen molar-refractivity contribution < 1.29 is 28.9 Å². The van der Waals surface area contributed by atoms with Gasteiger partial charge < -0.3 is 28.9 Å². The van der Waals surface area contributed by atoms with E-state index < -0.39 is 0 Å².